The van der Waals surface area contributed by atoms with Gasteiger partial charge in [-0.3, -0.25) is 10.1 Å². The van der Waals surface area contributed by atoms with E-state index in [4.69, 9.17) is 15.2 Å². The zero-order chi connectivity index (χ0) is 21.2. The molecule has 162 valence electrons. The largest absolute Gasteiger partial charge is 0.381 e. The molecule has 1 aromatic heterocycles. The van der Waals surface area contributed by atoms with Crippen LogP contribution >= 0.6 is 0 Å². The number of nitrogens with two attached hydrogens (primary N) is 1. The normalized spacial score (nSPS) is 19.2. The van der Waals surface area contributed by atoms with E-state index in [2.05, 4.69) is 39.1 Å². The summed E-state index contributed by atoms with van der Waals surface area (Å²) >= 11 is 0. The number of benzene rings is 2. The summed E-state index contributed by atoms with van der Waals surface area (Å²) in [4.78, 5) is 17.4. The zero-order valence-corrected chi connectivity index (χ0v) is 17.5. The standard InChI is InChI=1S/C24H28N4O3/c25-24(26-17-7-11-30-12-8-17)27-23(29)16-5-6-20-19-3-1-2-4-21(19)28(22(20)15-16)18-9-13-31-14-10-18/h1-6,15,17-18H,7-14H2,(H3,25,26,27,29). The molecule has 31 heavy (non-hydrogen) atoms. The summed E-state index contributed by atoms with van der Waals surface area (Å²) in [7, 11) is 0. The van der Waals surface area contributed by atoms with Gasteiger partial charge in [0.25, 0.3) is 5.91 Å². The van der Waals surface area contributed by atoms with E-state index in [1.54, 1.807) is 0 Å². The number of carbonyl (C=O) groups excluding carboxylic acids is 1. The molecule has 2 fully saturated rings. The molecule has 5 rings (SSSR count). The van der Waals surface area contributed by atoms with Gasteiger partial charge >= 0.3 is 0 Å². The fraction of sp³-hybridized carbons (Fsp3) is 0.417. The fourth-order valence-corrected chi connectivity index (χ4v) is 4.71. The Labute approximate surface area is 181 Å². The lowest BCUT2D eigenvalue weighted by Crippen LogP contribution is -2.38. The second kappa shape index (κ2) is 8.69. The van der Waals surface area contributed by atoms with Gasteiger partial charge in [0.1, 0.15) is 0 Å². The Morgan fingerprint density at radius 2 is 1.61 bits per heavy atom. The number of nitrogens with zero attached hydrogens (tertiary/aromatic N) is 2. The van der Waals surface area contributed by atoms with Crippen molar-refractivity contribution in [1.29, 1.82) is 0 Å². The monoisotopic (exact) mass is 420 g/mol. The number of nitrogens with one attached hydrogen (secondary N) is 1. The molecule has 2 aliphatic rings. The molecule has 3 heterocycles. The van der Waals surface area contributed by atoms with Gasteiger partial charge in [0.15, 0.2) is 5.96 Å². The van der Waals surface area contributed by atoms with Gasteiger partial charge in [0, 0.05) is 54.3 Å². The molecular weight excluding hydrogens is 392 g/mol. The smallest absolute Gasteiger partial charge is 0.258 e. The van der Waals surface area contributed by atoms with Gasteiger partial charge in [-0.25, -0.2) is 4.99 Å². The molecular formula is C24H28N4O3. The van der Waals surface area contributed by atoms with Crippen LogP contribution in [0.25, 0.3) is 21.8 Å². The number of aromatic nitrogens is 1. The molecule has 0 spiro atoms. The average Bonchev–Trinajstić information content (AvgIpc) is 3.14. The van der Waals surface area contributed by atoms with Crippen LogP contribution in [0.5, 0.6) is 0 Å². The van der Waals surface area contributed by atoms with Crippen molar-refractivity contribution in [3.8, 4) is 0 Å². The Kier molecular flexibility index (Phi) is 5.61. The van der Waals surface area contributed by atoms with Crippen LogP contribution in [0.3, 0.4) is 0 Å². The van der Waals surface area contributed by atoms with Crippen LogP contribution in [0.2, 0.25) is 0 Å². The van der Waals surface area contributed by atoms with Crippen molar-refractivity contribution in [3.63, 3.8) is 0 Å². The first-order chi connectivity index (χ1) is 15.2. The average molecular weight is 421 g/mol. The van der Waals surface area contributed by atoms with Crippen molar-refractivity contribution in [2.24, 2.45) is 10.7 Å². The molecule has 2 saturated heterocycles. The maximum Gasteiger partial charge on any atom is 0.258 e. The van der Waals surface area contributed by atoms with E-state index < -0.39 is 0 Å². The summed E-state index contributed by atoms with van der Waals surface area (Å²) in [5.41, 5.74) is 8.87. The number of aliphatic imine (C=N–C) groups is 1. The second-order valence-electron chi connectivity index (χ2n) is 8.27. The van der Waals surface area contributed by atoms with Crippen molar-refractivity contribution in [2.45, 2.75) is 37.8 Å². The number of ether oxygens (including phenoxy) is 2. The molecule has 0 atom stereocenters. The highest BCUT2D eigenvalue weighted by molar-refractivity contribution is 6.12. The Morgan fingerprint density at radius 1 is 0.935 bits per heavy atom. The molecule has 2 aromatic carbocycles. The SMILES string of the molecule is NC(=NC1CCOCC1)NC(=O)c1ccc2c3ccccc3n(C3CCOCC3)c2c1. The Balaban J connectivity index is 1.48. The van der Waals surface area contributed by atoms with E-state index in [0.29, 0.717) is 24.8 Å². The molecule has 7 nitrogen and oxygen atoms in total. The summed E-state index contributed by atoms with van der Waals surface area (Å²) in [5.74, 6) is -0.0686. The van der Waals surface area contributed by atoms with E-state index in [9.17, 15) is 4.79 Å². The van der Waals surface area contributed by atoms with Gasteiger partial charge in [-0.1, -0.05) is 24.3 Å². The number of rotatable bonds is 3. The molecule has 0 radical (unpaired) electrons. The van der Waals surface area contributed by atoms with Crippen LogP contribution in [-0.2, 0) is 9.47 Å². The predicted octanol–water partition coefficient (Wildman–Crippen LogP) is 3.37. The predicted molar refractivity (Wildman–Crippen MR) is 121 cm³/mol. The summed E-state index contributed by atoms with van der Waals surface area (Å²) in [6.07, 6.45) is 3.59. The van der Waals surface area contributed by atoms with E-state index in [1.807, 2.05) is 18.2 Å². The van der Waals surface area contributed by atoms with Crippen molar-refractivity contribution < 1.29 is 14.3 Å². The first kappa shape index (κ1) is 20.0. The summed E-state index contributed by atoms with van der Waals surface area (Å²) in [6, 6.07) is 14.8. The van der Waals surface area contributed by atoms with Crippen LogP contribution in [0, 0.1) is 0 Å². The molecule has 0 aliphatic carbocycles. The number of guanidine groups is 1. The molecule has 3 N–H and O–H groups in total. The van der Waals surface area contributed by atoms with E-state index in [-0.39, 0.29) is 17.9 Å². The van der Waals surface area contributed by atoms with Crippen LogP contribution < -0.4 is 11.1 Å². The summed E-state index contributed by atoms with van der Waals surface area (Å²) < 4.78 is 13.3. The Morgan fingerprint density at radius 3 is 2.39 bits per heavy atom. The highest BCUT2D eigenvalue weighted by Gasteiger charge is 2.22. The number of amides is 1. The highest BCUT2D eigenvalue weighted by atomic mass is 16.5. The van der Waals surface area contributed by atoms with Gasteiger partial charge < -0.3 is 19.8 Å². The molecule has 0 saturated carbocycles. The molecule has 7 heteroatoms. The molecule has 0 unspecified atom stereocenters. The maximum absolute atomic E-state index is 12.9. The summed E-state index contributed by atoms with van der Waals surface area (Å²) in [6.45, 7) is 2.89. The fourth-order valence-electron chi connectivity index (χ4n) is 4.71. The van der Waals surface area contributed by atoms with E-state index in [0.717, 1.165) is 49.8 Å². The van der Waals surface area contributed by atoms with Crippen molar-refractivity contribution in [2.75, 3.05) is 26.4 Å². The van der Waals surface area contributed by atoms with Crippen LogP contribution in [0.15, 0.2) is 47.5 Å². The highest BCUT2D eigenvalue weighted by Crippen LogP contribution is 2.35. The molecule has 1 amide bonds. The Hall–Kier alpha value is -2.90. The minimum Gasteiger partial charge on any atom is -0.381 e. The van der Waals surface area contributed by atoms with Gasteiger partial charge in [-0.2, -0.15) is 0 Å². The first-order valence-corrected chi connectivity index (χ1v) is 11.0. The lowest BCUT2D eigenvalue weighted by atomic mass is 10.1. The topological polar surface area (TPSA) is 90.9 Å². The lowest BCUT2D eigenvalue weighted by Gasteiger charge is -2.25. The third-order valence-corrected chi connectivity index (χ3v) is 6.28. The van der Waals surface area contributed by atoms with E-state index >= 15 is 0 Å². The summed E-state index contributed by atoms with van der Waals surface area (Å²) in [5, 5.41) is 5.12. The minimum atomic E-state index is -0.237. The molecule has 3 aromatic rings. The number of hydrogen-bond acceptors (Lipinski definition) is 4. The zero-order valence-electron chi connectivity index (χ0n) is 17.5. The van der Waals surface area contributed by atoms with Gasteiger partial charge in [-0.15, -0.1) is 0 Å². The van der Waals surface area contributed by atoms with Crippen molar-refractivity contribution in [1.82, 2.24) is 9.88 Å². The third kappa shape index (κ3) is 4.03. The van der Waals surface area contributed by atoms with Crippen molar-refractivity contribution in [3.05, 3.63) is 48.0 Å². The molecule has 2 aliphatic heterocycles. The first-order valence-electron chi connectivity index (χ1n) is 11.0. The number of hydrogen-bond donors (Lipinski definition) is 2. The van der Waals surface area contributed by atoms with Gasteiger partial charge in [0.05, 0.1) is 11.6 Å². The number of fused-ring (bicyclic) bond motifs is 3. The van der Waals surface area contributed by atoms with Gasteiger partial charge in [0.2, 0.25) is 0 Å². The number of para-hydroxylation sites is 1. The second-order valence-corrected chi connectivity index (χ2v) is 8.27. The van der Waals surface area contributed by atoms with Crippen LogP contribution in [-0.4, -0.2) is 48.9 Å². The molecule has 0 bridgehead atoms. The van der Waals surface area contributed by atoms with Crippen molar-refractivity contribution >= 4 is 33.7 Å². The number of carbonyl (C=O) groups is 1. The minimum absolute atomic E-state index is 0.104. The quantitative estimate of drug-likeness (QED) is 0.502. The third-order valence-electron chi connectivity index (χ3n) is 6.28. The Bertz CT molecular complexity index is 1120. The van der Waals surface area contributed by atoms with E-state index in [1.165, 1.54) is 10.9 Å². The van der Waals surface area contributed by atoms with Gasteiger partial charge in [-0.05, 0) is 43.9 Å². The lowest BCUT2D eigenvalue weighted by molar-refractivity contribution is 0.0717. The van der Waals surface area contributed by atoms with Crippen LogP contribution in [0.1, 0.15) is 42.1 Å². The van der Waals surface area contributed by atoms with Crippen LogP contribution in [0.4, 0.5) is 0 Å². The maximum atomic E-state index is 12.9.